The molecule has 6 rings (SSSR count). The Bertz CT molecular complexity index is 734. The van der Waals surface area contributed by atoms with Crippen LogP contribution >= 0.6 is 0 Å². The smallest absolute Gasteiger partial charge is 0.0832 e. The van der Waals surface area contributed by atoms with E-state index in [1.165, 1.54) is 44.9 Å². The van der Waals surface area contributed by atoms with E-state index in [1.807, 2.05) is 0 Å². The molecule has 2 aliphatic heterocycles. The maximum absolute atomic E-state index is 10.3. The van der Waals surface area contributed by atoms with Crippen molar-refractivity contribution in [2.45, 2.75) is 104 Å². The van der Waals surface area contributed by atoms with Gasteiger partial charge in [-0.1, -0.05) is 39.3 Å². The van der Waals surface area contributed by atoms with Gasteiger partial charge in [-0.05, 0) is 104 Å². The molecule has 5 fully saturated rings. The zero-order valence-corrected chi connectivity index (χ0v) is 19.6. The maximum Gasteiger partial charge on any atom is 0.0832 e. The lowest BCUT2D eigenvalue weighted by atomic mass is 9.46. The van der Waals surface area contributed by atoms with Crippen LogP contribution in [0.3, 0.4) is 0 Å². The van der Waals surface area contributed by atoms with Crippen molar-refractivity contribution in [1.82, 2.24) is 5.06 Å². The van der Waals surface area contributed by atoms with Gasteiger partial charge in [0.1, 0.15) is 0 Å². The highest BCUT2D eigenvalue weighted by Gasteiger charge is 2.64. The Morgan fingerprint density at radius 2 is 1.90 bits per heavy atom. The quantitative estimate of drug-likeness (QED) is 0.526. The first kappa shape index (κ1) is 20.2. The standard InChI is InChI=1S/C27H43NO2/c1-16-5-8-23-17(2)25-24(30-28(23)15-16)14-22-20-7-6-18-13-19(29)9-11-26(18,3)21(20)10-12-27(22,25)4/h6,16-17,19-25,29H,5,7-15H2,1-4H3. The molecule has 11 unspecified atom stereocenters. The zero-order chi connectivity index (χ0) is 20.8. The molecule has 3 nitrogen and oxygen atoms in total. The molecule has 0 aromatic heterocycles. The Hall–Kier alpha value is -0.380. The van der Waals surface area contributed by atoms with E-state index in [0.717, 1.165) is 54.9 Å². The van der Waals surface area contributed by atoms with Gasteiger partial charge in [0.25, 0.3) is 0 Å². The van der Waals surface area contributed by atoms with Gasteiger partial charge in [-0.25, -0.2) is 0 Å². The van der Waals surface area contributed by atoms with Gasteiger partial charge in [0, 0.05) is 12.6 Å². The SMILES string of the molecule is CC1CCC2C(C)C3C(CC4C5CC=C6CC(O)CCC6(C)C5CCC43C)ON2C1. The number of piperidine rings is 1. The zero-order valence-electron chi connectivity index (χ0n) is 19.6. The summed E-state index contributed by atoms with van der Waals surface area (Å²) in [7, 11) is 0. The van der Waals surface area contributed by atoms with Crippen molar-refractivity contribution in [2.24, 2.45) is 46.3 Å². The Kier molecular flexibility index (Phi) is 4.60. The predicted octanol–water partition coefficient (Wildman–Crippen LogP) is 5.59. The van der Waals surface area contributed by atoms with Gasteiger partial charge in [-0.3, -0.25) is 4.84 Å². The van der Waals surface area contributed by atoms with E-state index in [0.29, 0.717) is 23.0 Å². The molecular weight excluding hydrogens is 370 g/mol. The van der Waals surface area contributed by atoms with Crippen molar-refractivity contribution in [2.75, 3.05) is 6.54 Å². The topological polar surface area (TPSA) is 32.7 Å². The minimum atomic E-state index is -0.0990. The first-order valence-electron chi connectivity index (χ1n) is 13.1. The van der Waals surface area contributed by atoms with E-state index < -0.39 is 0 Å². The summed E-state index contributed by atoms with van der Waals surface area (Å²) in [4.78, 5) is 6.82. The molecule has 3 heteroatoms. The van der Waals surface area contributed by atoms with Crippen LogP contribution in [0.15, 0.2) is 11.6 Å². The molecule has 0 amide bonds. The van der Waals surface area contributed by atoms with Crippen LogP contribution in [-0.4, -0.2) is 35.0 Å². The Morgan fingerprint density at radius 3 is 2.73 bits per heavy atom. The largest absolute Gasteiger partial charge is 0.393 e. The second kappa shape index (κ2) is 6.81. The van der Waals surface area contributed by atoms with Crippen LogP contribution in [0.25, 0.3) is 0 Å². The molecule has 0 aromatic rings. The molecule has 0 bridgehead atoms. The van der Waals surface area contributed by atoms with Crippen LogP contribution in [0.1, 0.15) is 85.5 Å². The molecule has 0 radical (unpaired) electrons. The first-order valence-corrected chi connectivity index (χ1v) is 13.1. The second-order valence-electron chi connectivity index (χ2n) is 12.8. The Balaban J connectivity index is 1.31. The Morgan fingerprint density at radius 1 is 1.07 bits per heavy atom. The lowest BCUT2D eigenvalue weighted by molar-refractivity contribution is -0.298. The molecular formula is C27H43NO2. The Labute approximate surface area is 183 Å². The molecule has 3 saturated carbocycles. The van der Waals surface area contributed by atoms with Gasteiger partial charge in [0.2, 0.25) is 0 Å². The molecule has 6 aliphatic rings. The third-order valence-electron chi connectivity index (χ3n) is 11.4. The number of hydroxylamine groups is 2. The average Bonchev–Trinajstić information content (AvgIpc) is 3.01. The molecule has 168 valence electrons. The van der Waals surface area contributed by atoms with Gasteiger partial charge in [-0.2, -0.15) is 5.06 Å². The number of fused-ring (bicyclic) bond motifs is 8. The molecule has 30 heavy (non-hydrogen) atoms. The van der Waals surface area contributed by atoms with Gasteiger partial charge in [-0.15, -0.1) is 0 Å². The van der Waals surface area contributed by atoms with Crippen molar-refractivity contribution < 1.29 is 9.94 Å². The second-order valence-corrected chi connectivity index (χ2v) is 12.8. The molecule has 0 spiro atoms. The van der Waals surface area contributed by atoms with Crippen molar-refractivity contribution in [3.63, 3.8) is 0 Å². The van der Waals surface area contributed by atoms with E-state index in [9.17, 15) is 5.11 Å². The highest BCUT2D eigenvalue weighted by atomic mass is 16.7. The van der Waals surface area contributed by atoms with Gasteiger partial charge in [0.05, 0.1) is 12.2 Å². The number of hydrogen-bond donors (Lipinski definition) is 1. The summed E-state index contributed by atoms with van der Waals surface area (Å²) in [5.74, 6) is 4.74. The lowest BCUT2D eigenvalue weighted by Gasteiger charge is -2.59. The molecule has 2 heterocycles. The fourth-order valence-corrected chi connectivity index (χ4v) is 9.91. The summed E-state index contributed by atoms with van der Waals surface area (Å²) < 4.78 is 0. The molecule has 1 N–H and O–H groups in total. The number of allylic oxidation sites excluding steroid dienone is 1. The fraction of sp³-hybridized carbons (Fsp3) is 0.926. The van der Waals surface area contributed by atoms with Crippen LogP contribution in [0.2, 0.25) is 0 Å². The van der Waals surface area contributed by atoms with Crippen molar-refractivity contribution >= 4 is 0 Å². The summed E-state index contributed by atoms with van der Waals surface area (Å²) in [5, 5.41) is 12.7. The minimum Gasteiger partial charge on any atom is -0.393 e. The molecule has 11 atom stereocenters. The third kappa shape index (κ3) is 2.67. The highest BCUT2D eigenvalue weighted by Crippen LogP contribution is 2.68. The van der Waals surface area contributed by atoms with Crippen molar-refractivity contribution in [1.29, 1.82) is 0 Å². The summed E-state index contributed by atoms with van der Waals surface area (Å²) >= 11 is 0. The summed E-state index contributed by atoms with van der Waals surface area (Å²) in [6.07, 6.45) is 14.1. The summed E-state index contributed by atoms with van der Waals surface area (Å²) in [5.41, 5.74) is 2.39. The van der Waals surface area contributed by atoms with Crippen LogP contribution in [0.5, 0.6) is 0 Å². The van der Waals surface area contributed by atoms with Gasteiger partial charge >= 0.3 is 0 Å². The number of aliphatic hydroxyl groups is 1. The predicted molar refractivity (Wildman–Crippen MR) is 120 cm³/mol. The first-order chi connectivity index (χ1) is 14.3. The number of hydrogen-bond acceptors (Lipinski definition) is 3. The molecule has 4 aliphatic carbocycles. The van der Waals surface area contributed by atoms with Crippen molar-refractivity contribution in [3.8, 4) is 0 Å². The normalized spacial score (nSPS) is 58.0. The van der Waals surface area contributed by atoms with Crippen LogP contribution in [0.4, 0.5) is 0 Å². The van der Waals surface area contributed by atoms with Gasteiger partial charge in [0.15, 0.2) is 0 Å². The number of rotatable bonds is 0. The fourth-order valence-electron chi connectivity index (χ4n) is 9.91. The van der Waals surface area contributed by atoms with Crippen LogP contribution in [0, 0.1) is 46.3 Å². The van der Waals surface area contributed by atoms with Crippen LogP contribution in [-0.2, 0) is 4.84 Å². The monoisotopic (exact) mass is 413 g/mol. The number of nitrogens with zero attached hydrogens (tertiary/aromatic N) is 1. The summed E-state index contributed by atoms with van der Waals surface area (Å²) in [6, 6.07) is 0.644. The van der Waals surface area contributed by atoms with Crippen molar-refractivity contribution in [3.05, 3.63) is 11.6 Å². The molecule has 0 aromatic carbocycles. The van der Waals surface area contributed by atoms with E-state index in [1.54, 1.807) is 5.57 Å². The van der Waals surface area contributed by atoms with Crippen LogP contribution < -0.4 is 0 Å². The minimum absolute atomic E-state index is 0.0990. The molecule has 2 saturated heterocycles. The van der Waals surface area contributed by atoms with E-state index >= 15 is 0 Å². The van der Waals surface area contributed by atoms with E-state index in [4.69, 9.17) is 4.84 Å². The lowest BCUT2D eigenvalue weighted by Crippen LogP contribution is -2.58. The maximum atomic E-state index is 10.3. The third-order valence-corrected chi connectivity index (χ3v) is 11.4. The van der Waals surface area contributed by atoms with E-state index in [2.05, 4.69) is 38.8 Å². The van der Waals surface area contributed by atoms with Gasteiger partial charge < -0.3 is 5.11 Å². The highest BCUT2D eigenvalue weighted by molar-refractivity contribution is 5.26. The van der Waals surface area contributed by atoms with E-state index in [-0.39, 0.29) is 6.10 Å². The number of aliphatic hydroxyl groups excluding tert-OH is 1. The average molecular weight is 414 g/mol. The summed E-state index contributed by atoms with van der Waals surface area (Å²) in [6.45, 7) is 11.3.